The molecule has 7 nitrogen and oxygen atoms in total. The van der Waals surface area contributed by atoms with Crippen molar-refractivity contribution in [2.45, 2.75) is 18.9 Å². The maximum absolute atomic E-state index is 12.2. The Morgan fingerprint density at radius 3 is 2.78 bits per heavy atom. The van der Waals surface area contributed by atoms with E-state index in [2.05, 4.69) is 15.3 Å². The molecule has 0 aromatic carbocycles. The molecule has 2 aromatic rings. The molecular weight excluding hydrogens is 294 g/mol. The lowest BCUT2D eigenvalue weighted by molar-refractivity contribution is 0.0686. The molecule has 0 atom stereocenters. The number of nitrogens with zero attached hydrogens (tertiary/aromatic N) is 4. The molecule has 3 heterocycles. The van der Waals surface area contributed by atoms with E-state index in [9.17, 15) is 4.79 Å². The molecule has 0 radical (unpaired) electrons. The van der Waals surface area contributed by atoms with E-state index in [-0.39, 0.29) is 5.91 Å². The zero-order chi connectivity index (χ0) is 16.2. The fourth-order valence-electron chi connectivity index (χ4n) is 2.64. The summed E-state index contributed by atoms with van der Waals surface area (Å²) in [6.45, 7) is 1.42. The van der Waals surface area contributed by atoms with Gasteiger partial charge in [0.15, 0.2) is 5.76 Å². The molecule has 0 saturated carbocycles. The lowest BCUT2D eigenvalue weighted by Crippen LogP contribution is -2.42. The molecule has 0 bridgehead atoms. The summed E-state index contributed by atoms with van der Waals surface area (Å²) in [5.41, 5.74) is 0. The van der Waals surface area contributed by atoms with Crippen molar-refractivity contribution in [1.29, 1.82) is 0 Å². The smallest absolute Gasteiger partial charge is 0.289 e. The Kier molecular flexibility index (Phi) is 4.45. The molecule has 1 amide bonds. The van der Waals surface area contributed by atoms with Crippen LogP contribution in [0.3, 0.4) is 0 Å². The summed E-state index contributed by atoms with van der Waals surface area (Å²) in [7, 11) is 3.83. The van der Waals surface area contributed by atoms with Crippen molar-refractivity contribution in [1.82, 2.24) is 14.9 Å². The van der Waals surface area contributed by atoms with E-state index in [1.54, 1.807) is 18.3 Å². The van der Waals surface area contributed by atoms with E-state index in [0.717, 1.165) is 18.7 Å². The summed E-state index contributed by atoms with van der Waals surface area (Å²) >= 11 is 0. The maximum Gasteiger partial charge on any atom is 0.289 e. The Balaban J connectivity index is 1.55. The second-order valence-electron chi connectivity index (χ2n) is 5.82. The predicted octanol–water partition coefficient (Wildman–Crippen LogP) is 1.85. The van der Waals surface area contributed by atoms with Crippen LogP contribution in [0, 0.1) is 0 Å². The van der Waals surface area contributed by atoms with Gasteiger partial charge in [-0.2, -0.15) is 4.98 Å². The maximum atomic E-state index is 12.2. The molecule has 1 saturated heterocycles. The van der Waals surface area contributed by atoms with Gasteiger partial charge in [0.05, 0.1) is 6.26 Å². The van der Waals surface area contributed by atoms with Crippen LogP contribution in [0.1, 0.15) is 23.4 Å². The molecule has 0 spiro atoms. The van der Waals surface area contributed by atoms with Crippen molar-refractivity contribution in [2.24, 2.45) is 0 Å². The molecule has 2 aromatic heterocycles. The first-order chi connectivity index (χ1) is 11.1. The molecule has 1 N–H and O–H groups in total. The predicted molar refractivity (Wildman–Crippen MR) is 87.6 cm³/mol. The minimum absolute atomic E-state index is 0.0367. The van der Waals surface area contributed by atoms with Crippen LogP contribution in [0.4, 0.5) is 11.8 Å². The Morgan fingerprint density at radius 2 is 2.13 bits per heavy atom. The number of rotatable bonds is 4. The van der Waals surface area contributed by atoms with Gasteiger partial charge in [0.1, 0.15) is 5.82 Å². The van der Waals surface area contributed by atoms with Crippen molar-refractivity contribution in [3.8, 4) is 0 Å². The third-order valence-electron chi connectivity index (χ3n) is 3.91. The van der Waals surface area contributed by atoms with Gasteiger partial charge in [-0.3, -0.25) is 4.79 Å². The fraction of sp³-hybridized carbons (Fsp3) is 0.438. The molecule has 1 fully saturated rings. The van der Waals surface area contributed by atoms with Crippen LogP contribution in [0.15, 0.2) is 35.1 Å². The van der Waals surface area contributed by atoms with Crippen molar-refractivity contribution in [3.63, 3.8) is 0 Å². The van der Waals surface area contributed by atoms with Gasteiger partial charge >= 0.3 is 0 Å². The van der Waals surface area contributed by atoms with Crippen LogP contribution >= 0.6 is 0 Å². The monoisotopic (exact) mass is 315 g/mol. The van der Waals surface area contributed by atoms with Crippen molar-refractivity contribution < 1.29 is 9.21 Å². The molecule has 1 aliphatic heterocycles. The van der Waals surface area contributed by atoms with E-state index >= 15 is 0 Å². The SMILES string of the molecule is CN(C)c1nccc(NC2CCN(C(=O)c3ccco3)CC2)n1. The van der Waals surface area contributed by atoms with Crippen molar-refractivity contribution >= 4 is 17.7 Å². The summed E-state index contributed by atoms with van der Waals surface area (Å²) in [4.78, 5) is 24.6. The average Bonchev–Trinajstić information content (AvgIpc) is 3.09. The van der Waals surface area contributed by atoms with Crippen molar-refractivity contribution in [3.05, 3.63) is 36.4 Å². The van der Waals surface area contributed by atoms with E-state index < -0.39 is 0 Å². The molecule has 3 rings (SSSR count). The van der Waals surface area contributed by atoms with Gasteiger partial charge in [-0.1, -0.05) is 0 Å². The van der Waals surface area contributed by atoms with Gasteiger partial charge in [-0.25, -0.2) is 4.98 Å². The third kappa shape index (κ3) is 3.61. The zero-order valence-corrected chi connectivity index (χ0v) is 13.4. The van der Waals surface area contributed by atoms with Crippen LogP contribution in [0.2, 0.25) is 0 Å². The number of furan rings is 1. The molecule has 0 unspecified atom stereocenters. The Hall–Kier alpha value is -2.57. The number of nitrogens with one attached hydrogen (secondary N) is 1. The average molecular weight is 315 g/mol. The standard InChI is InChI=1S/C16H21N5O2/c1-20(2)16-17-8-5-14(19-16)18-12-6-9-21(10-7-12)15(22)13-4-3-11-23-13/h3-5,8,11-12H,6-7,9-10H2,1-2H3,(H,17,18,19). The van der Waals surface area contributed by atoms with Crippen LogP contribution < -0.4 is 10.2 Å². The number of carbonyl (C=O) groups is 1. The topological polar surface area (TPSA) is 74.5 Å². The molecular formula is C16H21N5O2. The van der Waals surface area contributed by atoms with Gasteiger partial charge in [0.25, 0.3) is 5.91 Å². The molecule has 0 aliphatic carbocycles. The summed E-state index contributed by atoms with van der Waals surface area (Å²) < 4.78 is 5.18. The van der Waals surface area contributed by atoms with E-state index in [1.165, 1.54) is 6.26 Å². The first-order valence-corrected chi connectivity index (χ1v) is 7.73. The number of carbonyl (C=O) groups excluding carboxylic acids is 1. The number of piperidine rings is 1. The Morgan fingerprint density at radius 1 is 1.35 bits per heavy atom. The quantitative estimate of drug-likeness (QED) is 0.928. The summed E-state index contributed by atoms with van der Waals surface area (Å²) in [5.74, 6) is 1.87. The van der Waals surface area contributed by atoms with Gasteiger partial charge in [-0.05, 0) is 31.0 Å². The third-order valence-corrected chi connectivity index (χ3v) is 3.91. The first-order valence-electron chi connectivity index (χ1n) is 7.73. The molecule has 23 heavy (non-hydrogen) atoms. The summed E-state index contributed by atoms with van der Waals surface area (Å²) in [6.07, 6.45) is 5.04. The summed E-state index contributed by atoms with van der Waals surface area (Å²) in [6, 6.07) is 5.61. The van der Waals surface area contributed by atoms with Crippen molar-refractivity contribution in [2.75, 3.05) is 37.4 Å². The van der Waals surface area contributed by atoms with E-state index in [0.29, 0.717) is 30.8 Å². The molecule has 1 aliphatic rings. The number of hydrogen-bond donors (Lipinski definition) is 1. The van der Waals surface area contributed by atoms with Gasteiger partial charge < -0.3 is 19.5 Å². The first kappa shape index (κ1) is 15.3. The highest BCUT2D eigenvalue weighted by atomic mass is 16.3. The number of aromatic nitrogens is 2. The molecule has 122 valence electrons. The van der Waals surface area contributed by atoms with Gasteiger partial charge in [0.2, 0.25) is 5.95 Å². The molecule has 7 heteroatoms. The minimum atomic E-state index is -0.0367. The van der Waals surface area contributed by atoms with Crippen LogP contribution in [0.5, 0.6) is 0 Å². The number of hydrogen-bond acceptors (Lipinski definition) is 6. The van der Waals surface area contributed by atoms with Gasteiger partial charge in [-0.15, -0.1) is 0 Å². The second kappa shape index (κ2) is 6.68. The highest BCUT2D eigenvalue weighted by Crippen LogP contribution is 2.18. The zero-order valence-electron chi connectivity index (χ0n) is 13.4. The lowest BCUT2D eigenvalue weighted by Gasteiger charge is -2.32. The largest absolute Gasteiger partial charge is 0.459 e. The Bertz CT molecular complexity index is 648. The fourth-order valence-corrected chi connectivity index (χ4v) is 2.64. The van der Waals surface area contributed by atoms with E-state index in [4.69, 9.17) is 4.42 Å². The summed E-state index contributed by atoms with van der Waals surface area (Å²) in [5, 5.41) is 3.43. The van der Waals surface area contributed by atoms with Crippen LogP contribution in [-0.2, 0) is 0 Å². The second-order valence-corrected chi connectivity index (χ2v) is 5.82. The number of amides is 1. The van der Waals surface area contributed by atoms with Crippen LogP contribution in [0.25, 0.3) is 0 Å². The van der Waals surface area contributed by atoms with Crippen LogP contribution in [-0.4, -0.2) is 54.0 Å². The van der Waals surface area contributed by atoms with Gasteiger partial charge in [0, 0.05) is 39.4 Å². The highest BCUT2D eigenvalue weighted by Gasteiger charge is 2.25. The highest BCUT2D eigenvalue weighted by molar-refractivity contribution is 5.91. The minimum Gasteiger partial charge on any atom is -0.459 e. The number of anilines is 2. The lowest BCUT2D eigenvalue weighted by atomic mass is 10.0. The Labute approximate surface area is 135 Å². The van der Waals surface area contributed by atoms with E-state index in [1.807, 2.05) is 30.0 Å². The number of likely N-dealkylation sites (tertiary alicyclic amines) is 1. The normalized spacial score (nSPS) is 15.5.